The number of carbonyl (C=O) groups is 1. The van der Waals surface area contributed by atoms with Gasteiger partial charge in [0.15, 0.2) is 0 Å². The molecule has 0 aliphatic heterocycles. The second-order valence-corrected chi connectivity index (χ2v) is 5.53. The number of fused-ring (bicyclic) bond motifs is 2. The number of ketones is 1. The highest BCUT2D eigenvalue weighted by molar-refractivity contribution is 5.86. The van der Waals surface area contributed by atoms with Crippen LogP contribution in [-0.2, 0) is 4.79 Å². The fourth-order valence-electron chi connectivity index (χ4n) is 3.12. The van der Waals surface area contributed by atoms with Gasteiger partial charge >= 0.3 is 0 Å². The highest BCUT2D eigenvalue weighted by Gasteiger charge is 2.52. The Morgan fingerprint density at radius 2 is 2.27 bits per heavy atom. The van der Waals surface area contributed by atoms with E-state index >= 15 is 0 Å². The summed E-state index contributed by atoms with van der Waals surface area (Å²) >= 11 is 0. The van der Waals surface area contributed by atoms with Crippen molar-refractivity contribution in [2.24, 2.45) is 23.2 Å². The van der Waals surface area contributed by atoms with Crippen LogP contribution in [0.1, 0.15) is 33.1 Å². The second kappa shape index (κ2) is 3.75. The van der Waals surface area contributed by atoms with Crippen molar-refractivity contribution in [3.05, 3.63) is 12.2 Å². The van der Waals surface area contributed by atoms with Crippen molar-refractivity contribution in [1.29, 1.82) is 0 Å². The topological polar surface area (TPSA) is 37.3 Å². The normalized spacial score (nSPS) is 37.9. The Morgan fingerprint density at radius 3 is 2.67 bits per heavy atom. The lowest BCUT2D eigenvalue weighted by Gasteiger charge is -2.32. The van der Waals surface area contributed by atoms with Crippen LogP contribution in [0.4, 0.5) is 0 Å². The number of hydrogen-bond acceptors (Lipinski definition) is 2. The van der Waals surface area contributed by atoms with E-state index in [2.05, 4.69) is 26.0 Å². The average molecular weight is 208 g/mol. The van der Waals surface area contributed by atoms with E-state index in [1.165, 1.54) is 0 Å². The fraction of sp³-hybridized carbons (Fsp3) is 0.769. The van der Waals surface area contributed by atoms with Gasteiger partial charge in [-0.3, -0.25) is 4.79 Å². The largest absolute Gasteiger partial charge is 0.395 e. The van der Waals surface area contributed by atoms with E-state index in [1.54, 1.807) is 0 Å². The van der Waals surface area contributed by atoms with Crippen LogP contribution in [0.15, 0.2) is 12.2 Å². The predicted octanol–water partition coefficient (Wildman–Crippen LogP) is 2.18. The van der Waals surface area contributed by atoms with Gasteiger partial charge in [0.25, 0.3) is 0 Å². The third kappa shape index (κ3) is 1.65. The monoisotopic (exact) mass is 208 g/mol. The molecule has 2 heteroatoms. The number of rotatable bonds is 4. The van der Waals surface area contributed by atoms with Gasteiger partial charge in [0.05, 0.1) is 12.0 Å². The summed E-state index contributed by atoms with van der Waals surface area (Å²) in [5.41, 5.74) is -0.427. The molecule has 0 aromatic rings. The van der Waals surface area contributed by atoms with Crippen molar-refractivity contribution in [2.75, 3.05) is 6.61 Å². The molecule has 0 heterocycles. The van der Waals surface area contributed by atoms with Gasteiger partial charge in [-0.15, -0.1) is 0 Å². The summed E-state index contributed by atoms with van der Waals surface area (Å²) in [6, 6.07) is 0. The Labute approximate surface area is 91.4 Å². The van der Waals surface area contributed by atoms with Crippen LogP contribution in [0, 0.1) is 23.2 Å². The third-order valence-corrected chi connectivity index (χ3v) is 3.94. The van der Waals surface area contributed by atoms with Crippen LogP contribution in [0.2, 0.25) is 0 Å². The first-order valence-electron chi connectivity index (χ1n) is 5.91. The molecule has 1 N–H and O–H groups in total. The summed E-state index contributed by atoms with van der Waals surface area (Å²) in [5, 5.41) is 9.57. The average Bonchev–Trinajstić information content (AvgIpc) is 2.75. The molecular formula is C13H20O2. The Balaban J connectivity index is 2.16. The minimum atomic E-state index is -0.427. The minimum absolute atomic E-state index is 0.0318. The van der Waals surface area contributed by atoms with Crippen molar-refractivity contribution < 1.29 is 9.90 Å². The lowest BCUT2D eigenvalue weighted by molar-refractivity contribution is -0.133. The lowest BCUT2D eigenvalue weighted by atomic mass is 9.71. The summed E-state index contributed by atoms with van der Waals surface area (Å²) < 4.78 is 0. The zero-order valence-corrected chi connectivity index (χ0v) is 9.57. The molecule has 0 saturated heterocycles. The molecule has 2 bridgehead atoms. The number of hydrogen-bond donors (Lipinski definition) is 1. The predicted molar refractivity (Wildman–Crippen MR) is 59.3 cm³/mol. The molecule has 2 aliphatic carbocycles. The van der Waals surface area contributed by atoms with Crippen LogP contribution >= 0.6 is 0 Å². The molecule has 3 atom stereocenters. The maximum absolute atomic E-state index is 12.2. The molecule has 1 saturated carbocycles. The smallest absolute Gasteiger partial charge is 0.142 e. The Hall–Kier alpha value is -0.630. The number of allylic oxidation sites excluding steroid dienone is 2. The van der Waals surface area contributed by atoms with E-state index in [9.17, 15) is 9.90 Å². The lowest BCUT2D eigenvalue weighted by Crippen LogP contribution is -2.39. The van der Waals surface area contributed by atoms with Gasteiger partial charge in [0, 0.05) is 6.42 Å². The summed E-state index contributed by atoms with van der Waals surface area (Å²) in [7, 11) is 0. The molecule has 2 aliphatic rings. The standard InChI is InChI=1S/C13H20O2/c1-9(2)5-12(15)13(8-14)7-10-3-4-11(13)6-10/h3-4,9-11,14H,5-8H2,1-2H3. The van der Waals surface area contributed by atoms with Gasteiger partial charge in [-0.1, -0.05) is 26.0 Å². The van der Waals surface area contributed by atoms with Crippen LogP contribution in [-0.4, -0.2) is 17.5 Å². The van der Waals surface area contributed by atoms with Crippen molar-refractivity contribution in [1.82, 2.24) is 0 Å². The molecule has 3 unspecified atom stereocenters. The Morgan fingerprint density at radius 1 is 1.53 bits per heavy atom. The summed E-state index contributed by atoms with van der Waals surface area (Å²) in [4.78, 5) is 12.2. The number of aliphatic hydroxyl groups excluding tert-OH is 1. The molecule has 0 aromatic heterocycles. The van der Waals surface area contributed by atoms with Crippen LogP contribution in [0.5, 0.6) is 0 Å². The molecule has 84 valence electrons. The molecule has 0 spiro atoms. The zero-order valence-electron chi connectivity index (χ0n) is 9.57. The maximum atomic E-state index is 12.2. The van der Waals surface area contributed by atoms with Gasteiger partial charge in [-0.2, -0.15) is 0 Å². The number of carbonyl (C=O) groups excluding carboxylic acids is 1. The number of aliphatic hydroxyl groups is 1. The zero-order chi connectivity index (χ0) is 11.1. The van der Waals surface area contributed by atoms with E-state index in [1.807, 2.05) is 0 Å². The molecule has 0 radical (unpaired) electrons. The van der Waals surface area contributed by atoms with Crippen LogP contribution in [0.3, 0.4) is 0 Å². The number of Topliss-reactive ketones (excluding diaryl/α,β-unsaturated/α-hetero) is 1. The summed E-state index contributed by atoms with van der Waals surface area (Å²) in [6.45, 7) is 4.15. The molecule has 2 rings (SSSR count). The third-order valence-electron chi connectivity index (χ3n) is 3.94. The van der Waals surface area contributed by atoms with Gasteiger partial charge in [-0.05, 0) is 30.6 Å². The van der Waals surface area contributed by atoms with Crippen molar-refractivity contribution in [3.8, 4) is 0 Å². The van der Waals surface area contributed by atoms with Crippen LogP contribution in [0.25, 0.3) is 0 Å². The van der Waals surface area contributed by atoms with Gasteiger partial charge in [0.1, 0.15) is 5.78 Å². The van der Waals surface area contributed by atoms with Crippen molar-refractivity contribution >= 4 is 5.78 Å². The van der Waals surface area contributed by atoms with Crippen molar-refractivity contribution in [2.45, 2.75) is 33.1 Å². The molecule has 1 fully saturated rings. The minimum Gasteiger partial charge on any atom is -0.395 e. The molecular weight excluding hydrogens is 188 g/mol. The van der Waals surface area contributed by atoms with Gasteiger partial charge in [-0.25, -0.2) is 0 Å². The maximum Gasteiger partial charge on any atom is 0.142 e. The van der Waals surface area contributed by atoms with Gasteiger partial charge in [0.2, 0.25) is 0 Å². The second-order valence-electron chi connectivity index (χ2n) is 5.53. The first-order valence-corrected chi connectivity index (χ1v) is 5.91. The van der Waals surface area contributed by atoms with E-state index in [-0.39, 0.29) is 12.4 Å². The fourth-order valence-corrected chi connectivity index (χ4v) is 3.12. The Bertz CT molecular complexity index is 293. The van der Waals surface area contributed by atoms with Crippen LogP contribution < -0.4 is 0 Å². The van der Waals surface area contributed by atoms with Crippen molar-refractivity contribution in [3.63, 3.8) is 0 Å². The first kappa shape index (κ1) is 10.9. The molecule has 15 heavy (non-hydrogen) atoms. The molecule has 2 nitrogen and oxygen atoms in total. The highest BCUT2D eigenvalue weighted by atomic mass is 16.3. The Kier molecular flexibility index (Phi) is 2.72. The summed E-state index contributed by atoms with van der Waals surface area (Å²) in [5.74, 6) is 1.51. The SMILES string of the molecule is CC(C)CC(=O)C1(CO)CC2C=CC1C2. The van der Waals surface area contributed by atoms with E-state index in [4.69, 9.17) is 0 Å². The quantitative estimate of drug-likeness (QED) is 0.719. The highest BCUT2D eigenvalue weighted by Crippen LogP contribution is 2.53. The summed E-state index contributed by atoms with van der Waals surface area (Å²) in [6.07, 6.45) is 6.90. The van der Waals surface area contributed by atoms with E-state index < -0.39 is 5.41 Å². The molecule has 0 aromatic carbocycles. The van der Waals surface area contributed by atoms with E-state index in [0.717, 1.165) is 12.8 Å². The molecule has 0 amide bonds. The van der Waals surface area contributed by atoms with Gasteiger partial charge < -0.3 is 5.11 Å². The first-order chi connectivity index (χ1) is 7.08. The van der Waals surface area contributed by atoms with E-state index in [0.29, 0.717) is 24.2 Å².